The van der Waals surface area contributed by atoms with Gasteiger partial charge in [-0.15, -0.1) is 0 Å². The zero-order valence-corrected chi connectivity index (χ0v) is 15.6. The molecule has 3 aliphatic heterocycles. The van der Waals surface area contributed by atoms with Gasteiger partial charge in [0.2, 0.25) is 0 Å². The van der Waals surface area contributed by atoms with Crippen LogP contribution in [0, 0.1) is 17.8 Å². The first-order chi connectivity index (χ1) is 12.1. The van der Waals surface area contributed by atoms with Gasteiger partial charge in [-0.3, -0.25) is 9.63 Å². The van der Waals surface area contributed by atoms with Gasteiger partial charge < -0.3 is 16.0 Å². The molecular formula is C19H34N4O2. The summed E-state index contributed by atoms with van der Waals surface area (Å²) in [5, 5.41) is 10.5. The summed E-state index contributed by atoms with van der Waals surface area (Å²) < 4.78 is 0. The van der Waals surface area contributed by atoms with E-state index in [2.05, 4.69) is 35.3 Å². The molecule has 6 heteroatoms. The summed E-state index contributed by atoms with van der Waals surface area (Å²) in [6, 6.07) is 1.38. The van der Waals surface area contributed by atoms with E-state index >= 15 is 0 Å². The van der Waals surface area contributed by atoms with Gasteiger partial charge in [-0.25, -0.2) is 0 Å². The van der Waals surface area contributed by atoms with Crippen LogP contribution in [0.5, 0.6) is 0 Å². The molecule has 0 bridgehead atoms. The molecular weight excluding hydrogens is 316 g/mol. The largest absolute Gasteiger partial charge is 0.349 e. The molecule has 3 saturated heterocycles. The van der Waals surface area contributed by atoms with Gasteiger partial charge in [0.05, 0.1) is 6.04 Å². The maximum absolute atomic E-state index is 12.9. The van der Waals surface area contributed by atoms with Gasteiger partial charge in [0.15, 0.2) is 6.10 Å². The Morgan fingerprint density at radius 3 is 2.72 bits per heavy atom. The standard InChI is InChI=1S/C19H34N4O2/c1-11-4-3-8-21-16(11)18(13-5-6-13)22-19(24)15-10-14-7-9-20-12(2)17(14)23-25-15/h11-18,20-21,23H,3-10H2,1-2H3,(H,22,24). The molecule has 4 rings (SSSR count). The highest BCUT2D eigenvalue weighted by Gasteiger charge is 2.43. The fraction of sp³-hybridized carbons (Fsp3) is 0.947. The lowest BCUT2D eigenvalue weighted by Gasteiger charge is -2.43. The second-order valence-corrected chi connectivity index (χ2v) is 8.75. The van der Waals surface area contributed by atoms with Crippen LogP contribution < -0.4 is 21.4 Å². The third-order valence-corrected chi connectivity index (χ3v) is 6.84. The number of amides is 1. The predicted molar refractivity (Wildman–Crippen MR) is 96.8 cm³/mol. The molecule has 0 radical (unpaired) electrons. The van der Waals surface area contributed by atoms with Crippen LogP contribution >= 0.6 is 0 Å². The van der Waals surface area contributed by atoms with E-state index in [4.69, 9.17) is 4.84 Å². The van der Waals surface area contributed by atoms with Crippen LogP contribution in [0.25, 0.3) is 0 Å². The van der Waals surface area contributed by atoms with Crippen LogP contribution in [0.1, 0.15) is 52.4 Å². The van der Waals surface area contributed by atoms with E-state index < -0.39 is 0 Å². The number of piperidine rings is 2. The Morgan fingerprint density at radius 1 is 1.12 bits per heavy atom. The number of nitrogens with one attached hydrogen (secondary N) is 4. The van der Waals surface area contributed by atoms with Crippen LogP contribution in [0.3, 0.4) is 0 Å². The second-order valence-electron chi connectivity index (χ2n) is 8.75. The van der Waals surface area contributed by atoms with Crippen molar-refractivity contribution < 1.29 is 9.63 Å². The first-order valence-corrected chi connectivity index (χ1v) is 10.3. The molecule has 6 nitrogen and oxygen atoms in total. The van der Waals surface area contributed by atoms with Crippen molar-refractivity contribution in [3.8, 4) is 0 Å². The zero-order valence-electron chi connectivity index (χ0n) is 15.6. The van der Waals surface area contributed by atoms with Gasteiger partial charge in [-0.2, -0.15) is 5.48 Å². The molecule has 0 aromatic rings. The molecule has 4 aliphatic rings. The van der Waals surface area contributed by atoms with Crippen molar-refractivity contribution in [2.75, 3.05) is 13.1 Å². The lowest BCUT2D eigenvalue weighted by molar-refractivity contribution is -0.157. The first-order valence-electron chi connectivity index (χ1n) is 10.3. The van der Waals surface area contributed by atoms with Crippen molar-refractivity contribution in [3.05, 3.63) is 0 Å². The summed E-state index contributed by atoms with van der Waals surface area (Å²) in [5.41, 5.74) is 3.17. The van der Waals surface area contributed by atoms with Gasteiger partial charge in [0, 0.05) is 18.1 Å². The van der Waals surface area contributed by atoms with Crippen LogP contribution in [0.4, 0.5) is 0 Å². The van der Waals surface area contributed by atoms with E-state index in [1.807, 2.05) is 0 Å². The minimum atomic E-state index is -0.355. The first kappa shape index (κ1) is 17.7. The summed E-state index contributed by atoms with van der Waals surface area (Å²) >= 11 is 0. The SMILES string of the molecule is CC1CCCNC1C(NC(=O)C1CC2CCNC(C)C2NO1)C1CC1. The van der Waals surface area contributed by atoms with Gasteiger partial charge in [0.1, 0.15) is 0 Å². The summed E-state index contributed by atoms with van der Waals surface area (Å²) in [6.45, 7) is 6.61. The summed E-state index contributed by atoms with van der Waals surface area (Å²) in [4.78, 5) is 18.7. The van der Waals surface area contributed by atoms with Crippen molar-refractivity contribution in [2.24, 2.45) is 17.8 Å². The molecule has 4 fully saturated rings. The van der Waals surface area contributed by atoms with Crippen molar-refractivity contribution in [3.63, 3.8) is 0 Å². The third-order valence-electron chi connectivity index (χ3n) is 6.84. The lowest BCUT2D eigenvalue weighted by atomic mass is 9.82. The predicted octanol–water partition coefficient (Wildman–Crippen LogP) is 0.929. The fourth-order valence-electron chi connectivity index (χ4n) is 5.09. The molecule has 3 heterocycles. The van der Waals surface area contributed by atoms with Crippen molar-refractivity contribution >= 4 is 5.91 Å². The molecule has 1 aliphatic carbocycles. The van der Waals surface area contributed by atoms with E-state index in [9.17, 15) is 4.79 Å². The van der Waals surface area contributed by atoms with Crippen LogP contribution in [0.2, 0.25) is 0 Å². The van der Waals surface area contributed by atoms with Crippen molar-refractivity contribution in [2.45, 2.75) is 82.6 Å². The molecule has 0 aromatic heterocycles. The van der Waals surface area contributed by atoms with E-state index in [1.165, 1.54) is 25.7 Å². The van der Waals surface area contributed by atoms with Crippen LogP contribution in [0.15, 0.2) is 0 Å². The van der Waals surface area contributed by atoms with Crippen molar-refractivity contribution in [1.29, 1.82) is 0 Å². The summed E-state index contributed by atoms with van der Waals surface area (Å²) in [6.07, 6.45) is 6.58. The maximum Gasteiger partial charge on any atom is 0.251 e. The highest BCUT2D eigenvalue weighted by atomic mass is 16.7. The van der Waals surface area contributed by atoms with Gasteiger partial charge in [-0.1, -0.05) is 6.92 Å². The minimum Gasteiger partial charge on any atom is -0.349 e. The zero-order chi connectivity index (χ0) is 17.4. The Labute approximate surface area is 151 Å². The Morgan fingerprint density at radius 2 is 1.96 bits per heavy atom. The van der Waals surface area contributed by atoms with Crippen LogP contribution in [-0.2, 0) is 9.63 Å². The Hall–Kier alpha value is -0.690. The lowest BCUT2D eigenvalue weighted by Crippen LogP contribution is -2.63. The average Bonchev–Trinajstić information content (AvgIpc) is 3.45. The number of hydrogen-bond acceptors (Lipinski definition) is 5. The van der Waals surface area contributed by atoms with Gasteiger partial charge >= 0.3 is 0 Å². The molecule has 7 atom stereocenters. The number of rotatable bonds is 4. The average molecular weight is 351 g/mol. The molecule has 0 spiro atoms. The van der Waals surface area contributed by atoms with Crippen LogP contribution in [-0.4, -0.2) is 49.3 Å². The maximum atomic E-state index is 12.9. The Bertz CT molecular complexity index is 484. The quantitative estimate of drug-likeness (QED) is 0.607. The molecule has 1 amide bonds. The van der Waals surface area contributed by atoms with E-state index in [0.29, 0.717) is 35.9 Å². The van der Waals surface area contributed by atoms with Gasteiger partial charge in [-0.05, 0) is 76.3 Å². The molecule has 1 saturated carbocycles. The number of hydrogen-bond donors (Lipinski definition) is 4. The Balaban J connectivity index is 1.37. The highest BCUT2D eigenvalue weighted by molar-refractivity contribution is 5.81. The van der Waals surface area contributed by atoms with E-state index in [0.717, 1.165) is 25.9 Å². The topological polar surface area (TPSA) is 74.4 Å². The van der Waals surface area contributed by atoms with E-state index in [-0.39, 0.29) is 18.1 Å². The number of carbonyl (C=O) groups is 1. The smallest absolute Gasteiger partial charge is 0.251 e. The molecule has 7 unspecified atom stereocenters. The summed E-state index contributed by atoms with van der Waals surface area (Å²) in [7, 11) is 0. The Kier molecular flexibility index (Phi) is 5.32. The van der Waals surface area contributed by atoms with E-state index in [1.54, 1.807) is 0 Å². The normalized spacial score (nSPS) is 43.1. The molecule has 4 N–H and O–H groups in total. The fourth-order valence-corrected chi connectivity index (χ4v) is 5.09. The van der Waals surface area contributed by atoms with Crippen molar-refractivity contribution in [1.82, 2.24) is 21.4 Å². The minimum absolute atomic E-state index is 0.0774. The number of hydroxylamine groups is 1. The number of fused-ring (bicyclic) bond motifs is 1. The molecule has 142 valence electrons. The molecule has 0 aromatic carbocycles. The third kappa shape index (κ3) is 3.87. The highest BCUT2D eigenvalue weighted by Crippen LogP contribution is 2.37. The second kappa shape index (κ2) is 7.51. The summed E-state index contributed by atoms with van der Waals surface area (Å²) in [5.74, 6) is 1.87. The monoisotopic (exact) mass is 350 g/mol. The number of carbonyl (C=O) groups excluding carboxylic acids is 1. The van der Waals surface area contributed by atoms with Gasteiger partial charge in [0.25, 0.3) is 5.91 Å². The molecule has 25 heavy (non-hydrogen) atoms.